The van der Waals surface area contributed by atoms with Crippen LogP contribution in [-0.2, 0) is 0 Å². The smallest absolute Gasteiger partial charge is 0.0186 e. The lowest BCUT2D eigenvalue weighted by Gasteiger charge is -2.34. The Balaban J connectivity index is 2.15. The van der Waals surface area contributed by atoms with Crippen LogP contribution < -0.4 is 5.32 Å². The molecule has 0 bridgehead atoms. The van der Waals surface area contributed by atoms with E-state index in [4.69, 9.17) is 0 Å². The second-order valence-electron chi connectivity index (χ2n) is 6.19. The molecule has 0 aliphatic carbocycles. The first-order chi connectivity index (χ1) is 7.99. The molecular formula is C14H31N3. The largest absolute Gasteiger partial charge is 0.312 e. The predicted molar refractivity (Wildman–Crippen MR) is 75.5 cm³/mol. The molecule has 0 saturated carbocycles. The van der Waals surface area contributed by atoms with Gasteiger partial charge in [-0.2, -0.15) is 0 Å². The summed E-state index contributed by atoms with van der Waals surface area (Å²) < 4.78 is 0. The minimum Gasteiger partial charge on any atom is -0.312 e. The van der Waals surface area contributed by atoms with Crippen LogP contribution in [0.25, 0.3) is 0 Å². The van der Waals surface area contributed by atoms with Crippen LogP contribution in [0.4, 0.5) is 0 Å². The van der Waals surface area contributed by atoms with E-state index in [0.717, 1.165) is 18.5 Å². The summed E-state index contributed by atoms with van der Waals surface area (Å²) in [5.74, 6) is 0.799. The molecule has 1 N–H and O–H groups in total. The van der Waals surface area contributed by atoms with Gasteiger partial charge in [-0.05, 0) is 52.9 Å². The molecule has 1 saturated heterocycles. The highest BCUT2D eigenvalue weighted by molar-refractivity contribution is 4.79. The fraction of sp³-hybridized carbons (Fsp3) is 1.00. The highest BCUT2D eigenvalue weighted by Crippen LogP contribution is 2.12. The predicted octanol–water partition coefficient (Wildman–Crippen LogP) is 1.65. The molecule has 1 aliphatic rings. The van der Waals surface area contributed by atoms with Gasteiger partial charge in [-0.15, -0.1) is 0 Å². The molecule has 3 heteroatoms. The van der Waals surface area contributed by atoms with E-state index in [1.807, 2.05) is 0 Å². The fourth-order valence-electron chi connectivity index (χ4n) is 2.36. The van der Waals surface area contributed by atoms with E-state index in [2.05, 4.69) is 50.0 Å². The number of nitrogens with one attached hydrogen (secondary N) is 1. The average molecular weight is 241 g/mol. The van der Waals surface area contributed by atoms with Crippen LogP contribution >= 0.6 is 0 Å². The number of nitrogens with zero attached hydrogens (tertiary/aromatic N) is 2. The first-order valence-corrected chi connectivity index (χ1v) is 7.11. The fourth-order valence-corrected chi connectivity index (χ4v) is 2.36. The lowest BCUT2D eigenvalue weighted by Crippen LogP contribution is -2.46. The van der Waals surface area contributed by atoms with Crippen LogP contribution in [-0.4, -0.2) is 62.2 Å². The van der Waals surface area contributed by atoms with Gasteiger partial charge in [0, 0.05) is 25.2 Å². The zero-order chi connectivity index (χ0) is 12.8. The zero-order valence-electron chi connectivity index (χ0n) is 12.4. The Hall–Kier alpha value is -0.120. The van der Waals surface area contributed by atoms with Gasteiger partial charge >= 0.3 is 0 Å². The van der Waals surface area contributed by atoms with Crippen molar-refractivity contribution >= 4 is 0 Å². The molecule has 0 radical (unpaired) electrons. The normalized spacial score (nSPS) is 21.4. The highest BCUT2D eigenvalue weighted by Gasteiger charge is 2.19. The Morgan fingerprint density at radius 1 is 1.18 bits per heavy atom. The lowest BCUT2D eigenvalue weighted by atomic mass is 10.0. The molecular weight excluding hydrogens is 210 g/mol. The van der Waals surface area contributed by atoms with Gasteiger partial charge in [0.25, 0.3) is 0 Å². The van der Waals surface area contributed by atoms with Crippen LogP contribution in [0.15, 0.2) is 0 Å². The van der Waals surface area contributed by atoms with Crippen molar-refractivity contribution in [3.63, 3.8) is 0 Å². The van der Waals surface area contributed by atoms with Crippen LogP contribution in [0.1, 0.15) is 33.6 Å². The SMILES string of the molecule is CC(C)CN1CCC(NCC(C)N(C)C)CC1. The Bertz CT molecular complexity index is 196. The molecule has 0 aromatic carbocycles. The third kappa shape index (κ3) is 5.84. The van der Waals surface area contributed by atoms with E-state index in [-0.39, 0.29) is 0 Å². The first-order valence-electron chi connectivity index (χ1n) is 7.11. The second kappa shape index (κ2) is 7.34. The third-order valence-electron chi connectivity index (χ3n) is 3.79. The molecule has 1 unspecified atom stereocenters. The maximum absolute atomic E-state index is 3.71. The van der Waals surface area contributed by atoms with Gasteiger partial charge in [0.05, 0.1) is 0 Å². The van der Waals surface area contributed by atoms with Crippen molar-refractivity contribution in [3.05, 3.63) is 0 Å². The van der Waals surface area contributed by atoms with Crippen molar-refractivity contribution in [3.8, 4) is 0 Å². The van der Waals surface area contributed by atoms with Crippen LogP contribution in [0.5, 0.6) is 0 Å². The van der Waals surface area contributed by atoms with E-state index in [1.54, 1.807) is 0 Å². The first kappa shape index (κ1) is 14.9. The van der Waals surface area contributed by atoms with E-state index in [1.165, 1.54) is 32.5 Å². The Labute approximate surface area is 108 Å². The topological polar surface area (TPSA) is 18.5 Å². The number of likely N-dealkylation sites (tertiary alicyclic amines) is 1. The minimum atomic E-state index is 0.628. The van der Waals surface area contributed by atoms with Gasteiger partial charge < -0.3 is 15.1 Å². The number of likely N-dealkylation sites (N-methyl/N-ethyl adjacent to an activating group) is 1. The molecule has 1 heterocycles. The Morgan fingerprint density at radius 2 is 1.76 bits per heavy atom. The number of piperidine rings is 1. The molecule has 17 heavy (non-hydrogen) atoms. The van der Waals surface area contributed by atoms with E-state index >= 15 is 0 Å². The molecule has 0 spiro atoms. The summed E-state index contributed by atoms with van der Waals surface area (Å²) >= 11 is 0. The van der Waals surface area contributed by atoms with Crippen LogP contribution in [0, 0.1) is 5.92 Å². The van der Waals surface area contributed by atoms with Crippen molar-refractivity contribution in [2.75, 3.05) is 40.3 Å². The van der Waals surface area contributed by atoms with Gasteiger partial charge in [0.2, 0.25) is 0 Å². The highest BCUT2D eigenvalue weighted by atomic mass is 15.2. The molecule has 1 atom stereocenters. The van der Waals surface area contributed by atoms with Crippen molar-refractivity contribution < 1.29 is 0 Å². The summed E-state index contributed by atoms with van der Waals surface area (Å²) in [6, 6.07) is 1.37. The van der Waals surface area contributed by atoms with Crippen molar-refractivity contribution in [2.24, 2.45) is 5.92 Å². The maximum Gasteiger partial charge on any atom is 0.0186 e. The van der Waals surface area contributed by atoms with E-state index in [0.29, 0.717) is 6.04 Å². The monoisotopic (exact) mass is 241 g/mol. The van der Waals surface area contributed by atoms with Crippen molar-refractivity contribution in [2.45, 2.75) is 45.7 Å². The average Bonchev–Trinajstić information content (AvgIpc) is 2.26. The molecule has 0 aromatic rings. The van der Waals surface area contributed by atoms with Crippen molar-refractivity contribution in [1.82, 2.24) is 15.1 Å². The Morgan fingerprint density at radius 3 is 2.24 bits per heavy atom. The van der Waals surface area contributed by atoms with Crippen molar-refractivity contribution in [1.29, 1.82) is 0 Å². The number of hydrogen-bond donors (Lipinski definition) is 1. The molecule has 0 amide bonds. The molecule has 1 aliphatic heterocycles. The quantitative estimate of drug-likeness (QED) is 0.763. The van der Waals surface area contributed by atoms with Gasteiger partial charge in [-0.3, -0.25) is 0 Å². The summed E-state index contributed by atoms with van der Waals surface area (Å²) in [5, 5.41) is 3.71. The maximum atomic E-state index is 3.71. The van der Waals surface area contributed by atoms with Gasteiger partial charge in [0.1, 0.15) is 0 Å². The molecule has 3 nitrogen and oxygen atoms in total. The summed E-state index contributed by atoms with van der Waals surface area (Å²) in [7, 11) is 4.30. The number of hydrogen-bond acceptors (Lipinski definition) is 3. The summed E-state index contributed by atoms with van der Waals surface area (Å²) in [4.78, 5) is 4.89. The number of rotatable bonds is 6. The molecule has 0 aromatic heterocycles. The van der Waals surface area contributed by atoms with Crippen LogP contribution in [0.2, 0.25) is 0 Å². The van der Waals surface area contributed by atoms with Gasteiger partial charge in [-0.1, -0.05) is 13.8 Å². The van der Waals surface area contributed by atoms with Crippen LogP contribution in [0.3, 0.4) is 0 Å². The van der Waals surface area contributed by atoms with E-state index in [9.17, 15) is 0 Å². The lowest BCUT2D eigenvalue weighted by molar-refractivity contribution is 0.174. The van der Waals surface area contributed by atoms with Gasteiger partial charge in [0.15, 0.2) is 0 Å². The second-order valence-corrected chi connectivity index (χ2v) is 6.19. The molecule has 1 rings (SSSR count). The molecule has 102 valence electrons. The van der Waals surface area contributed by atoms with E-state index < -0.39 is 0 Å². The minimum absolute atomic E-state index is 0.628. The summed E-state index contributed by atoms with van der Waals surface area (Å²) in [6.07, 6.45) is 2.62. The standard InChI is InChI=1S/C14H31N3/c1-12(2)11-17-8-6-14(7-9-17)15-10-13(3)16(4)5/h12-15H,6-11H2,1-5H3. The zero-order valence-corrected chi connectivity index (χ0v) is 12.4. The summed E-state index contributed by atoms with van der Waals surface area (Å²) in [6.45, 7) is 11.8. The molecule has 1 fully saturated rings. The summed E-state index contributed by atoms with van der Waals surface area (Å²) in [5.41, 5.74) is 0. The third-order valence-corrected chi connectivity index (χ3v) is 3.79. The Kier molecular flexibility index (Phi) is 6.45. The van der Waals surface area contributed by atoms with Gasteiger partial charge in [-0.25, -0.2) is 0 Å².